The molecule has 0 radical (unpaired) electrons. The number of nitrogens with zero attached hydrogens (tertiary/aromatic N) is 2. The van der Waals surface area contributed by atoms with Gasteiger partial charge in [0.2, 0.25) is 5.91 Å². The van der Waals surface area contributed by atoms with Crippen LogP contribution in [0, 0.1) is 0 Å². The van der Waals surface area contributed by atoms with Crippen LogP contribution >= 0.6 is 0 Å². The van der Waals surface area contributed by atoms with Gasteiger partial charge >= 0.3 is 0 Å². The largest absolute Gasteiger partial charge is 0.493 e. The SMILES string of the molecule is CCCN(CCC)CCCC(=O)Nc1ncccc1OC. The molecule has 1 aromatic heterocycles. The van der Waals surface area contributed by atoms with Crippen LogP contribution in [-0.2, 0) is 4.79 Å². The third-order valence-electron chi connectivity index (χ3n) is 3.21. The van der Waals surface area contributed by atoms with Gasteiger partial charge in [0, 0.05) is 12.6 Å². The molecule has 0 aromatic carbocycles. The number of hydrogen-bond acceptors (Lipinski definition) is 4. The van der Waals surface area contributed by atoms with Crippen LogP contribution in [0.4, 0.5) is 5.82 Å². The molecule has 0 atom stereocenters. The van der Waals surface area contributed by atoms with Gasteiger partial charge in [0.05, 0.1) is 7.11 Å². The molecule has 0 unspecified atom stereocenters. The van der Waals surface area contributed by atoms with Crippen LogP contribution in [0.25, 0.3) is 0 Å². The van der Waals surface area contributed by atoms with Crippen LogP contribution in [0.15, 0.2) is 18.3 Å². The maximum absolute atomic E-state index is 12.0. The van der Waals surface area contributed by atoms with Crippen molar-refractivity contribution < 1.29 is 9.53 Å². The molecule has 5 nitrogen and oxygen atoms in total. The van der Waals surface area contributed by atoms with Crippen molar-refractivity contribution in [3.63, 3.8) is 0 Å². The monoisotopic (exact) mass is 293 g/mol. The van der Waals surface area contributed by atoms with Gasteiger partial charge in [-0.25, -0.2) is 4.98 Å². The maximum atomic E-state index is 12.0. The second-order valence-electron chi connectivity index (χ2n) is 5.05. The van der Waals surface area contributed by atoms with E-state index in [4.69, 9.17) is 4.74 Å². The summed E-state index contributed by atoms with van der Waals surface area (Å²) in [7, 11) is 1.57. The molecule has 0 aliphatic carbocycles. The summed E-state index contributed by atoms with van der Waals surface area (Å²) in [5.74, 6) is 1.06. The van der Waals surface area contributed by atoms with E-state index in [1.807, 2.05) is 0 Å². The van der Waals surface area contributed by atoms with Gasteiger partial charge in [-0.2, -0.15) is 0 Å². The first-order valence-electron chi connectivity index (χ1n) is 7.72. The Morgan fingerprint density at radius 3 is 2.62 bits per heavy atom. The van der Waals surface area contributed by atoms with Gasteiger partial charge in [-0.1, -0.05) is 13.8 Å². The Morgan fingerprint density at radius 2 is 2.00 bits per heavy atom. The number of methoxy groups -OCH3 is 1. The molecule has 0 fully saturated rings. The summed E-state index contributed by atoms with van der Waals surface area (Å²) in [6.45, 7) is 7.53. The van der Waals surface area contributed by atoms with Gasteiger partial charge in [-0.05, 0) is 51.0 Å². The van der Waals surface area contributed by atoms with Gasteiger partial charge in [0.15, 0.2) is 11.6 Å². The van der Waals surface area contributed by atoms with E-state index in [9.17, 15) is 4.79 Å². The van der Waals surface area contributed by atoms with E-state index in [0.29, 0.717) is 18.0 Å². The van der Waals surface area contributed by atoms with Gasteiger partial charge in [-0.15, -0.1) is 0 Å². The lowest BCUT2D eigenvalue weighted by Crippen LogP contribution is -2.27. The van der Waals surface area contributed by atoms with Crippen molar-refractivity contribution in [2.24, 2.45) is 0 Å². The van der Waals surface area contributed by atoms with E-state index in [-0.39, 0.29) is 5.91 Å². The number of hydrogen-bond donors (Lipinski definition) is 1. The van der Waals surface area contributed by atoms with Gasteiger partial charge in [0.25, 0.3) is 0 Å². The second-order valence-corrected chi connectivity index (χ2v) is 5.05. The zero-order valence-electron chi connectivity index (χ0n) is 13.4. The van der Waals surface area contributed by atoms with Crippen molar-refractivity contribution in [3.05, 3.63) is 18.3 Å². The third-order valence-corrected chi connectivity index (χ3v) is 3.21. The van der Waals surface area contributed by atoms with Crippen molar-refractivity contribution in [1.29, 1.82) is 0 Å². The molecule has 118 valence electrons. The highest BCUT2D eigenvalue weighted by atomic mass is 16.5. The summed E-state index contributed by atoms with van der Waals surface area (Å²) in [5.41, 5.74) is 0. The minimum absolute atomic E-state index is 0.0139. The van der Waals surface area contributed by atoms with Crippen molar-refractivity contribution in [2.45, 2.75) is 39.5 Å². The standard InChI is InChI=1S/C16H27N3O2/c1-4-11-19(12-5-2)13-7-9-15(20)18-16-14(21-3)8-6-10-17-16/h6,8,10H,4-5,7,9,11-13H2,1-3H3,(H,17,18,20). The molecular weight excluding hydrogens is 266 g/mol. The normalized spacial score (nSPS) is 10.7. The highest BCUT2D eigenvalue weighted by Gasteiger charge is 2.09. The Balaban J connectivity index is 2.36. The Bertz CT molecular complexity index is 418. The molecule has 1 rings (SSSR count). The van der Waals surface area contributed by atoms with E-state index >= 15 is 0 Å². The summed E-state index contributed by atoms with van der Waals surface area (Å²) in [6.07, 6.45) is 5.31. The molecule has 1 aromatic rings. The molecule has 0 spiro atoms. The molecule has 5 heteroatoms. The minimum atomic E-state index is -0.0139. The number of amides is 1. The molecule has 21 heavy (non-hydrogen) atoms. The zero-order valence-corrected chi connectivity index (χ0v) is 13.4. The molecule has 0 aliphatic rings. The van der Waals surface area contributed by atoms with Crippen LogP contribution in [-0.4, -0.2) is 42.5 Å². The first-order valence-corrected chi connectivity index (χ1v) is 7.72. The summed E-state index contributed by atoms with van der Waals surface area (Å²) in [5, 5.41) is 2.81. The number of carbonyl (C=O) groups excluding carboxylic acids is 1. The number of nitrogens with one attached hydrogen (secondary N) is 1. The van der Waals surface area contributed by atoms with Crippen LogP contribution < -0.4 is 10.1 Å². The molecule has 0 aliphatic heterocycles. The Hall–Kier alpha value is -1.62. The Labute approximate surface area is 127 Å². The quantitative estimate of drug-likeness (QED) is 0.720. The lowest BCUT2D eigenvalue weighted by atomic mass is 10.2. The summed E-state index contributed by atoms with van der Waals surface area (Å²) >= 11 is 0. The van der Waals surface area contributed by atoms with E-state index in [2.05, 4.69) is 29.0 Å². The number of aromatic nitrogens is 1. The number of anilines is 1. The molecule has 1 N–H and O–H groups in total. The topological polar surface area (TPSA) is 54.5 Å². The van der Waals surface area contributed by atoms with Crippen LogP contribution in [0.1, 0.15) is 39.5 Å². The summed E-state index contributed by atoms with van der Waals surface area (Å²) < 4.78 is 5.17. The summed E-state index contributed by atoms with van der Waals surface area (Å²) in [4.78, 5) is 18.5. The van der Waals surface area contributed by atoms with Gasteiger partial charge in [0.1, 0.15) is 0 Å². The first kappa shape index (κ1) is 17.4. The van der Waals surface area contributed by atoms with Crippen molar-refractivity contribution in [3.8, 4) is 5.75 Å². The van der Waals surface area contributed by atoms with E-state index in [1.165, 1.54) is 0 Å². The number of rotatable bonds is 10. The second kappa shape index (κ2) is 10.2. The van der Waals surface area contributed by atoms with Crippen molar-refractivity contribution >= 4 is 11.7 Å². The molecule has 1 amide bonds. The van der Waals surface area contributed by atoms with Crippen LogP contribution in [0.2, 0.25) is 0 Å². The fraction of sp³-hybridized carbons (Fsp3) is 0.625. The molecule has 0 saturated heterocycles. The fourth-order valence-electron chi connectivity index (χ4n) is 2.27. The highest BCUT2D eigenvalue weighted by molar-refractivity contribution is 5.91. The fourth-order valence-corrected chi connectivity index (χ4v) is 2.27. The van der Waals surface area contributed by atoms with Gasteiger partial charge < -0.3 is 15.0 Å². The summed E-state index contributed by atoms with van der Waals surface area (Å²) in [6, 6.07) is 3.56. The molecule has 0 saturated carbocycles. The predicted molar refractivity (Wildman–Crippen MR) is 85.7 cm³/mol. The lowest BCUT2D eigenvalue weighted by Gasteiger charge is -2.20. The van der Waals surface area contributed by atoms with Crippen LogP contribution in [0.3, 0.4) is 0 Å². The van der Waals surface area contributed by atoms with Crippen molar-refractivity contribution in [1.82, 2.24) is 9.88 Å². The molecular formula is C16H27N3O2. The number of pyridine rings is 1. The van der Waals surface area contributed by atoms with E-state index < -0.39 is 0 Å². The lowest BCUT2D eigenvalue weighted by molar-refractivity contribution is -0.116. The van der Waals surface area contributed by atoms with Gasteiger partial charge in [-0.3, -0.25) is 4.79 Å². The molecule has 0 bridgehead atoms. The van der Waals surface area contributed by atoms with E-state index in [1.54, 1.807) is 25.4 Å². The minimum Gasteiger partial charge on any atom is -0.493 e. The van der Waals surface area contributed by atoms with Crippen molar-refractivity contribution in [2.75, 3.05) is 32.1 Å². The smallest absolute Gasteiger partial charge is 0.225 e. The molecule has 1 heterocycles. The van der Waals surface area contributed by atoms with Crippen LogP contribution in [0.5, 0.6) is 5.75 Å². The Morgan fingerprint density at radius 1 is 1.29 bits per heavy atom. The zero-order chi connectivity index (χ0) is 15.5. The number of ether oxygens (including phenoxy) is 1. The Kier molecular flexibility index (Phi) is 8.43. The van der Waals surface area contributed by atoms with E-state index in [0.717, 1.165) is 38.9 Å². The first-order chi connectivity index (χ1) is 10.2. The third kappa shape index (κ3) is 6.58. The highest BCUT2D eigenvalue weighted by Crippen LogP contribution is 2.20. The average molecular weight is 293 g/mol. The maximum Gasteiger partial charge on any atom is 0.225 e. The number of carbonyl (C=O) groups is 1. The predicted octanol–water partition coefficient (Wildman–Crippen LogP) is 2.93. The average Bonchev–Trinajstić information content (AvgIpc) is 2.48.